The maximum atomic E-state index is 11.2. The highest BCUT2D eigenvalue weighted by atomic mass is 32.1. The molecule has 1 atom stereocenters. The molecule has 0 radical (unpaired) electrons. The van der Waals surface area contributed by atoms with Crippen molar-refractivity contribution in [1.82, 2.24) is 9.97 Å². The van der Waals surface area contributed by atoms with Crippen molar-refractivity contribution < 1.29 is 9.84 Å². The molecule has 1 aromatic carbocycles. The van der Waals surface area contributed by atoms with Gasteiger partial charge in [0.1, 0.15) is 18.2 Å². The largest absolute Gasteiger partial charge is 0.494 e. The number of H-pyrrole nitrogens is 1. The molecular formula is C18H19N3O3S. The molecule has 25 heavy (non-hydrogen) atoms. The van der Waals surface area contributed by atoms with Crippen LogP contribution < -0.4 is 14.9 Å². The number of anilines is 1. The average molecular weight is 357 g/mol. The van der Waals surface area contributed by atoms with Gasteiger partial charge in [-0.1, -0.05) is 29.5 Å². The topological polar surface area (TPSA) is 87.2 Å². The first kappa shape index (κ1) is 17.0. The van der Waals surface area contributed by atoms with Crippen molar-refractivity contribution in [2.75, 3.05) is 11.9 Å². The van der Waals surface area contributed by atoms with Gasteiger partial charge < -0.3 is 15.2 Å². The summed E-state index contributed by atoms with van der Waals surface area (Å²) >= 11 is 1.02. The number of rotatable bonds is 7. The summed E-state index contributed by atoms with van der Waals surface area (Å²) in [7, 11) is 0. The van der Waals surface area contributed by atoms with E-state index < -0.39 is 0 Å². The van der Waals surface area contributed by atoms with Gasteiger partial charge in [-0.3, -0.25) is 9.78 Å². The third-order valence-electron chi connectivity index (χ3n) is 3.55. The highest BCUT2D eigenvalue weighted by molar-refractivity contribution is 7.09. The van der Waals surface area contributed by atoms with Gasteiger partial charge in [0.15, 0.2) is 0 Å². The second kappa shape index (κ2) is 7.85. The van der Waals surface area contributed by atoms with E-state index in [9.17, 15) is 9.90 Å². The van der Waals surface area contributed by atoms with E-state index in [4.69, 9.17) is 4.74 Å². The van der Waals surface area contributed by atoms with E-state index in [0.717, 1.165) is 28.5 Å². The van der Waals surface area contributed by atoms with E-state index in [1.54, 1.807) is 6.20 Å². The number of thiazole rings is 1. The van der Waals surface area contributed by atoms with E-state index in [2.05, 4.69) is 15.3 Å². The molecular weight excluding hydrogens is 338 g/mol. The van der Waals surface area contributed by atoms with Gasteiger partial charge >= 0.3 is 4.87 Å². The first-order valence-corrected chi connectivity index (χ1v) is 8.72. The van der Waals surface area contributed by atoms with Gasteiger partial charge in [-0.25, -0.2) is 4.98 Å². The molecule has 0 aliphatic rings. The minimum absolute atomic E-state index is 0.0512. The molecule has 0 spiro atoms. The average Bonchev–Trinajstić information content (AvgIpc) is 2.92. The molecule has 7 heteroatoms. The van der Waals surface area contributed by atoms with Gasteiger partial charge in [0.05, 0.1) is 10.9 Å². The smallest absolute Gasteiger partial charge is 0.307 e. The standard InChI is InChI=1S/C18H19N3O3S/c1-12(20-16-4-2-3-9-19-16)11-24-14-7-5-13(6-8-14)10-15-17(22)21-18(23)25-15/h2-9,12,22H,10-11H2,1H3,(H,19,20)(H,21,23). The van der Waals surface area contributed by atoms with Crippen LogP contribution in [-0.4, -0.2) is 27.7 Å². The first-order valence-electron chi connectivity index (χ1n) is 7.90. The van der Waals surface area contributed by atoms with Crippen LogP contribution in [0.15, 0.2) is 53.5 Å². The monoisotopic (exact) mass is 357 g/mol. The summed E-state index contributed by atoms with van der Waals surface area (Å²) in [4.78, 5) is 18.2. The van der Waals surface area contributed by atoms with E-state index in [1.165, 1.54) is 0 Å². The van der Waals surface area contributed by atoms with Crippen LogP contribution in [0.3, 0.4) is 0 Å². The molecule has 0 aliphatic heterocycles. The number of aromatic hydroxyl groups is 1. The summed E-state index contributed by atoms with van der Waals surface area (Å²) in [5.41, 5.74) is 0.998. The predicted molar refractivity (Wildman–Crippen MR) is 98.7 cm³/mol. The lowest BCUT2D eigenvalue weighted by Gasteiger charge is -2.15. The fraction of sp³-hybridized carbons (Fsp3) is 0.222. The van der Waals surface area contributed by atoms with Crippen molar-refractivity contribution in [1.29, 1.82) is 0 Å². The number of nitrogens with one attached hydrogen (secondary N) is 2. The van der Waals surface area contributed by atoms with Crippen molar-refractivity contribution in [2.45, 2.75) is 19.4 Å². The zero-order valence-corrected chi connectivity index (χ0v) is 14.5. The number of pyridine rings is 1. The number of ether oxygens (including phenoxy) is 1. The van der Waals surface area contributed by atoms with Gasteiger partial charge in [-0.05, 0) is 36.8 Å². The van der Waals surface area contributed by atoms with E-state index in [0.29, 0.717) is 17.9 Å². The molecule has 0 fully saturated rings. The first-order chi connectivity index (χ1) is 12.1. The Balaban J connectivity index is 1.52. The molecule has 0 saturated carbocycles. The number of aromatic amines is 1. The Kier molecular flexibility index (Phi) is 5.35. The number of aromatic nitrogens is 2. The molecule has 1 unspecified atom stereocenters. The van der Waals surface area contributed by atoms with Gasteiger partial charge in [-0.15, -0.1) is 0 Å². The van der Waals surface area contributed by atoms with E-state index in [-0.39, 0.29) is 16.8 Å². The van der Waals surface area contributed by atoms with Crippen LogP contribution >= 0.6 is 11.3 Å². The van der Waals surface area contributed by atoms with Crippen LogP contribution in [0.25, 0.3) is 0 Å². The maximum Gasteiger partial charge on any atom is 0.307 e. The highest BCUT2D eigenvalue weighted by Crippen LogP contribution is 2.21. The lowest BCUT2D eigenvalue weighted by atomic mass is 10.1. The van der Waals surface area contributed by atoms with Crippen molar-refractivity contribution in [3.05, 3.63) is 68.8 Å². The Bertz CT molecular complexity index is 859. The normalized spacial score (nSPS) is 11.9. The van der Waals surface area contributed by atoms with Crippen molar-refractivity contribution in [3.8, 4) is 11.6 Å². The molecule has 0 bridgehead atoms. The van der Waals surface area contributed by atoms with E-state index in [1.807, 2.05) is 49.4 Å². The summed E-state index contributed by atoms with van der Waals surface area (Å²) in [6.07, 6.45) is 2.25. The summed E-state index contributed by atoms with van der Waals surface area (Å²) in [6.45, 7) is 2.54. The van der Waals surface area contributed by atoms with Crippen LogP contribution in [0.2, 0.25) is 0 Å². The third kappa shape index (κ3) is 4.84. The molecule has 130 valence electrons. The number of hydrogen-bond donors (Lipinski definition) is 3. The van der Waals surface area contributed by atoms with Crippen molar-refractivity contribution in [3.63, 3.8) is 0 Å². The zero-order chi connectivity index (χ0) is 17.6. The molecule has 0 amide bonds. The Morgan fingerprint density at radius 2 is 2.08 bits per heavy atom. The second-order valence-corrected chi connectivity index (χ2v) is 6.75. The zero-order valence-electron chi connectivity index (χ0n) is 13.7. The number of nitrogens with zero attached hydrogens (tertiary/aromatic N) is 1. The minimum Gasteiger partial charge on any atom is -0.494 e. The molecule has 3 rings (SSSR count). The van der Waals surface area contributed by atoms with Gasteiger partial charge in [0, 0.05) is 12.6 Å². The van der Waals surface area contributed by atoms with Crippen molar-refractivity contribution >= 4 is 17.2 Å². The van der Waals surface area contributed by atoms with Crippen molar-refractivity contribution in [2.24, 2.45) is 0 Å². The predicted octanol–water partition coefficient (Wildman–Crippen LogP) is 3.01. The van der Waals surface area contributed by atoms with Crippen LogP contribution in [-0.2, 0) is 6.42 Å². The number of benzene rings is 1. The molecule has 3 N–H and O–H groups in total. The lowest BCUT2D eigenvalue weighted by molar-refractivity contribution is 0.303. The molecule has 0 saturated heterocycles. The Morgan fingerprint density at radius 1 is 1.28 bits per heavy atom. The maximum absolute atomic E-state index is 11.2. The second-order valence-electron chi connectivity index (χ2n) is 5.68. The Labute approximate surface area is 149 Å². The Morgan fingerprint density at radius 3 is 2.72 bits per heavy atom. The third-order valence-corrected chi connectivity index (χ3v) is 4.42. The highest BCUT2D eigenvalue weighted by Gasteiger charge is 2.08. The fourth-order valence-corrected chi connectivity index (χ4v) is 3.08. The van der Waals surface area contributed by atoms with Gasteiger partial charge in [0.25, 0.3) is 0 Å². The van der Waals surface area contributed by atoms with Crippen LogP contribution in [0.1, 0.15) is 17.4 Å². The van der Waals surface area contributed by atoms with Crippen LogP contribution in [0.5, 0.6) is 11.6 Å². The quantitative estimate of drug-likeness (QED) is 0.605. The SMILES string of the molecule is CC(COc1ccc(Cc2sc(=O)[nH]c2O)cc1)Nc1ccccn1. The molecule has 6 nitrogen and oxygen atoms in total. The van der Waals surface area contributed by atoms with E-state index >= 15 is 0 Å². The summed E-state index contributed by atoms with van der Waals surface area (Å²) in [6, 6.07) is 13.5. The molecule has 3 aromatic rings. The fourth-order valence-electron chi connectivity index (χ4n) is 2.32. The summed E-state index contributed by atoms with van der Waals surface area (Å²) in [5, 5.41) is 12.9. The summed E-state index contributed by atoms with van der Waals surface area (Å²) in [5.74, 6) is 1.54. The molecule has 0 aliphatic carbocycles. The van der Waals surface area contributed by atoms with Gasteiger partial charge in [0.2, 0.25) is 5.88 Å². The van der Waals surface area contributed by atoms with Gasteiger partial charge in [-0.2, -0.15) is 0 Å². The molecule has 2 heterocycles. The Hall–Kier alpha value is -2.80. The summed E-state index contributed by atoms with van der Waals surface area (Å²) < 4.78 is 5.78. The lowest BCUT2D eigenvalue weighted by Crippen LogP contribution is -2.23. The minimum atomic E-state index is -0.248. The number of hydrogen-bond acceptors (Lipinski definition) is 6. The molecule has 2 aromatic heterocycles. The van der Waals surface area contributed by atoms with Crippen LogP contribution in [0, 0.1) is 0 Å². The van der Waals surface area contributed by atoms with Crippen LogP contribution in [0.4, 0.5) is 5.82 Å².